The maximum absolute atomic E-state index is 10.4. The largest absolute Gasteiger partial charge is 0.481 e. The summed E-state index contributed by atoms with van der Waals surface area (Å²) in [6.45, 7) is 6.16. The minimum atomic E-state index is -0.667. The van der Waals surface area contributed by atoms with Gasteiger partial charge < -0.3 is 5.11 Å². The zero-order chi connectivity index (χ0) is 9.56. The predicted molar refractivity (Wildman–Crippen MR) is 50.1 cm³/mol. The van der Waals surface area contributed by atoms with Crippen molar-refractivity contribution in [1.29, 1.82) is 0 Å². The molecule has 0 saturated carbocycles. The molecule has 0 aromatic rings. The summed E-state index contributed by atoms with van der Waals surface area (Å²) < 4.78 is 0. The number of carboxylic acid groups (broad SMARTS) is 1. The van der Waals surface area contributed by atoms with E-state index in [2.05, 4.69) is 13.8 Å². The van der Waals surface area contributed by atoms with Gasteiger partial charge in [0, 0.05) is 0 Å². The Balaban J connectivity index is 3.37. The van der Waals surface area contributed by atoms with Crippen molar-refractivity contribution in [3.8, 4) is 0 Å². The molecule has 0 unspecified atom stereocenters. The monoisotopic (exact) mass is 172 g/mol. The second-order valence-corrected chi connectivity index (χ2v) is 3.68. The summed E-state index contributed by atoms with van der Waals surface area (Å²) in [7, 11) is 0. The van der Waals surface area contributed by atoms with Crippen LogP contribution in [0.3, 0.4) is 0 Å². The number of hydrogen-bond donors (Lipinski definition) is 1. The molecule has 0 aliphatic heterocycles. The van der Waals surface area contributed by atoms with Crippen LogP contribution < -0.4 is 0 Å². The first kappa shape index (κ1) is 11.5. The average Bonchev–Trinajstić information content (AvgIpc) is 2.03. The highest BCUT2D eigenvalue weighted by molar-refractivity contribution is 5.69. The fourth-order valence-electron chi connectivity index (χ4n) is 1.10. The Bertz CT molecular complexity index is 132. The molecule has 0 heterocycles. The van der Waals surface area contributed by atoms with Gasteiger partial charge in [-0.2, -0.15) is 0 Å². The number of aliphatic carboxylic acids is 1. The number of carboxylic acids is 1. The highest BCUT2D eigenvalue weighted by Crippen LogP contribution is 2.14. The predicted octanol–water partition coefficient (Wildman–Crippen LogP) is 2.92. The van der Waals surface area contributed by atoms with Crippen molar-refractivity contribution in [3.05, 3.63) is 0 Å². The smallest absolute Gasteiger partial charge is 0.306 e. The van der Waals surface area contributed by atoms with Crippen LogP contribution in [0.2, 0.25) is 0 Å². The molecule has 12 heavy (non-hydrogen) atoms. The SMILES string of the molecule is CC[C@@H](C)CCC[C@@H](C)C(=O)O. The van der Waals surface area contributed by atoms with Gasteiger partial charge in [0.15, 0.2) is 0 Å². The second kappa shape index (κ2) is 6.04. The summed E-state index contributed by atoms with van der Waals surface area (Å²) in [6, 6.07) is 0. The van der Waals surface area contributed by atoms with Gasteiger partial charge in [-0.1, -0.05) is 40.0 Å². The Morgan fingerprint density at radius 2 is 1.92 bits per heavy atom. The van der Waals surface area contributed by atoms with E-state index in [1.54, 1.807) is 6.92 Å². The second-order valence-electron chi connectivity index (χ2n) is 3.68. The average molecular weight is 172 g/mol. The molecule has 0 aromatic carbocycles. The molecule has 2 nitrogen and oxygen atoms in total. The van der Waals surface area contributed by atoms with E-state index in [0.717, 1.165) is 25.2 Å². The maximum Gasteiger partial charge on any atom is 0.306 e. The van der Waals surface area contributed by atoms with Gasteiger partial charge in [0.05, 0.1) is 5.92 Å². The number of carbonyl (C=O) groups is 1. The summed E-state index contributed by atoms with van der Waals surface area (Å²) in [5.74, 6) is -0.0980. The van der Waals surface area contributed by atoms with E-state index in [4.69, 9.17) is 5.11 Å². The van der Waals surface area contributed by atoms with Crippen LogP contribution in [0.25, 0.3) is 0 Å². The lowest BCUT2D eigenvalue weighted by atomic mass is 9.97. The van der Waals surface area contributed by atoms with E-state index in [1.807, 2.05) is 0 Å². The van der Waals surface area contributed by atoms with E-state index in [9.17, 15) is 4.79 Å². The lowest BCUT2D eigenvalue weighted by Crippen LogP contribution is -2.09. The van der Waals surface area contributed by atoms with Crippen LogP contribution in [-0.2, 0) is 4.79 Å². The number of hydrogen-bond acceptors (Lipinski definition) is 1. The summed E-state index contributed by atoms with van der Waals surface area (Å²) >= 11 is 0. The topological polar surface area (TPSA) is 37.3 Å². The van der Waals surface area contributed by atoms with Crippen molar-refractivity contribution in [1.82, 2.24) is 0 Å². The van der Waals surface area contributed by atoms with Gasteiger partial charge in [-0.25, -0.2) is 0 Å². The van der Waals surface area contributed by atoms with Crippen molar-refractivity contribution in [2.75, 3.05) is 0 Å². The van der Waals surface area contributed by atoms with Crippen LogP contribution in [0.4, 0.5) is 0 Å². The van der Waals surface area contributed by atoms with E-state index in [0.29, 0.717) is 0 Å². The van der Waals surface area contributed by atoms with Gasteiger partial charge >= 0.3 is 5.97 Å². The summed E-state index contributed by atoms with van der Waals surface area (Å²) in [4.78, 5) is 10.4. The quantitative estimate of drug-likeness (QED) is 0.668. The van der Waals surface area contributed by atoms with Gasteiger partial charge in [-0.3, -0.25) is 4.79 Å². The highest BCUT2D eigenvalue weighted by Gasteiger charge is 2.10. The molecule has 0 saturated heterocycles. The molecule has 72 valence electrons. The van der Waals surface area contributed by atoms with E-state index in [1.165, 1.54) is 6.42 Å². The molecule has 1 N–H and O–H groups in total. The van der Waals surface area contributed by atoms with E-state index < -0.39 is 5.97 Å². The molecule has 2 heteroatoms. The molecule has 0 radical (unpaired) electrons. The Kier molecular flexibility index (Phi) is 5.77. The maximum atomic E-state index is 10.4. The molecular formula is C10H20O2. The van der Waals surface area contributed by atoms with Crippen LogP contribution >= 0.6 is 0 Å². The molecule has 0 spiro atoms. The van der Waals surface area contributed by atoms with Gasteiger partial charge in [0.1, 0.15) is 0 Å². The minimum Gasteiger partial charge on any atom is -0.481 e. The van der Waals surface area contributed by atoms with Crippen LogP contribution in [0.5, 0.6) is 0 Å². The van der Waals surface area contributed by atoms with Crippen LogP contribution in [0.1, 0.15) is 46.5 Å². The molecule has 0 aliphatic rings. The van der Waals surface area contributed by atoms with Crippen molar-refractivity contribution in [2.24, 2.45) is 11.8 Å². The molecule has 0 aliphatic carbocycles. The molecule has 0 aromatic heterocycles. The van der Waals surface area contributed by atoms with Gasteiger partial charge in [0.2, 0.25) is 0 Å². The molecule has 0 rings (SSSR count). The number of rotatable bonds is 6. The standard InChI is InChI=1S/C10H20O2/c1-4-8(2)6-5-7-9(3)10(11)12/h8-9H,4-7H2,1-3H3,(H,11,12)/t8-,9-/m1/s1. The third-order valence-electron chi connectivity index (χ3n) is 2.45. The first-order valence-electron chi connectivity index (χ1n) is 4.80. The normalized spacial score (nSPS) is 15.6. The molecule has 2 atom stereocenters. The molecule has 0 bridgehead atoms. The summed E-state index contributed by atoms with van der Waals surface area (Å²) in [5.41, 5.74) is 0. The van der Waals surface area contributed by atoms with E-state index >= 15 is 0 Å². The zero-order valence-electron chi connectivity index (χ0n) is 8.34. The lowest BCUT2D eigenvalue weighted by molar-refractivity contribution is -0.141. The first-order chi connectivity index (χ1) is 5.57. The van der Waals surface area contributed by atoms with Gasteiger partial charge in [0.25, 0.3) is 0 Å². The third-order valence-corrected chi connectivity index (χ3v) is 2.45. The third kappa shape index (κ3) is 5.16. The first-order valence-corrected chi connectivity index (χ1v) is 4.80. The highest BCUT2D eigenvalue weighted by atomic mass is 16.4. The van der Waals surface area contributed by atoms with Gasteiger partial charge in [-0.05, 0) is 12.3 Å². The van der Waals surface area contributed by atoms with Gasteiger partial charge in [-0.15, -0.1) is 0 Å². The fraction of sp³-hybridized carbons (Fsp3) is 0.900. The Morgan fingerprint density at radius 3 is 2.33 bits per heavy atom. The Morgan fingerprint density at radius 1 is 1.33 bits per heavy atom. The zero-order valence-corrected chi connectivity index (χ0v) is 8.34. The van der Waals surface area contributed by atoms with Crippen LogP contribution in [0.15, 0.2) is 0 Å². The fourth-order valence-corrected chi connectivity index (χ4v) is 1.10. The summed E-state index contributed by atoms with van der Waals surface area (Å²) in [5, 5.41) is 8.60. The lowest BCUT2D eigenvalue weighted by Gasteiger charge is -2.09. The molecule has 0 fully saturated rings. The van der Waals surface area contributed by atoms with Crippen molar-refractivity contribution >= 4 is 5.97 Å². The van der Waals surface area contributed by atoms with Crippen molar-refractivity contribution < 1.29 is 9.90 Å². The Hall–Kier alpha value is -0.530. The van der Waals surface area contributed by atoms with Crippen molar-refractivity contribution in [3.63, 3.8) is 0 Å². The minimum absolute atomic E-state index is 0.172. The molecular weight excluding hydrogens is 152 g/mol. The Labute approximate surface area is 75.0 Å². The summed E-state index contributed by atoms with van der Waals surface area (Å²) in [6.07, 6.45) is 4.22. The van der Waals surface area contributed by atoms with Crippen LogP contribution in [0, 0.1) is 11.8 Å². The van der Waals surface area contributed by atoms with Crippen LogP contribution in [-0.4, -0.2) is 11.1 Å². The van der Waals surface area contributed by atoms with Crippen molar-refractivity contribution in [2.45, 2.75) is 46.5 Å². The van der Waals surface area contributed by atoms with E-state index in [-0.39, 0.29) is 5.92 Å². The molecule has 0 amide bonds.